The minimum absolute atomic E-state index is 0.0239. The first-order valence-corrected chi connectivity index (χ1v) is 7.86. The van der Waals surface area contributed by atoms with Gasteiger partial charge < -0.3 is 15.4 Å². The Hall–Kier alpha value is -1.26. The molecule has 0 saturated carbocycles. The maximum absolute atomic E-state index is 12.0. The number of hydrogen-bond acceptors (Lipinski definition) is 3. The van der Waals surface area contributed by atoms with Crippen LogP contribution in [0.3, 0.4) is 0 Å². The van der Waals surface area contributed by atoms with Gasteiger partial charge in [0.1, 0.15) is 5.75 Å². The van der Waals surface area contributed by atoms with Crippen molar-refractivity contribution in [3.05, 3.63) is 23.2 Å². The molecule has 0 bridgehead atoms. The second-order valence-electron chi connectivity index (χ2n) is 5.25. The Labute approximate surface area is 132 Å². The van der Waals surface area contributed by atoms with E-state index in [1.807, 2.05) is 6.92 Å². The molecule has 0 fully saturated rings. The summed E-state index contributed by atoms with van der Waals surface area (Å²) in [5.41, 5.74) is 0.637. The summed E-state index contributed by atoms with van der Waals surface area (Å²) >= 11 is 5.98. The number of hydrogen-bond donors (Lipinski definition) is 2. The van der Waals surface area contributed by atoms with E-state index < -0.39 is 0 Å². The molecule has 0 radical (unpaired) electrons. The first-order valence-electron chi connectivity index (χ1n) is 7.48. The number of halogens is 1. The predicted octanol–water partition coefficient (Wildman–Crippen LogP) is 3.85. The largest absolute Gasteiger partial charge is 0.491 e. The van der Waals surface area contributed by atoms with Crippen LogP contribution >= 0.6 is 11.6 Å². The third-order valence-electron chi connectivity index (χ3n) is 2.81. The van der Waals surface area contributed by atoms with Crippen molar-refractivity contribution in [2.75, 3.05) is 18.5 Å². The van der Waals surface area contributed by atoms with Crippen LogP contribution in [-0.4, -0.2) is 25.1 Å². The number of carbonyl (C=O) groups is 1. The lowest BCUT2D eigenvalue weighted by Crippen LogP contribution is -2.24. The van der Waals surface area contributed by atoms with E-state index in [0.717, 1.165) is 19.4 Å². The summed E-state index contributed by atoms with van der Waals surface area (Å²) in [7, 11) is 0. The van der Waals surface area contributed by atoms with E-state index in [1.165, 1.54) is 0 Å². The SMILES string of the molecule is CCCOc1ccc(Cl)cc1NC(=O)CCCNC(C)C. The maximum Gasteiger partial charge on any atom is 0.224 e. The molecule has 0 saturated heterocycles. The van der Waals surface area contributed by atoms with Crippen molar-refractivity contribution >= 4 is 23.2 Å². The summed E-state index contributed by atoms with van der Waals surface area (Å²) in [6, 6.07) is 5.70. The number of ether oxygens (including phenoxy) is 1. The lowest BCUT2D eigenvalue weighted by atomic mass is 10.2. The summed E-state index contributed by atoms with van der Waals surface area (Å²) in [6.07, 6.45) is 2.19. The molecule has 1 aromatic carbocycles. The summed E-state index contributed by atoms with van der Waals surface area (Å²) in [5, 5.41) is 6.74. The van der Waals surface area contributed by atoms with Crippen LogP contribution in [0.2, 0.25) is 5.02 Å². The van der Waals surface area contributed by atoms with Crippen molar-refractivity contribution in [1.29, 1.82) is 0 Å². The highest BCUT2D eigenvalue weighted by Gasteiger charge is 2.09. The van der Waals surface area contributed by atoms with Crippen LogP contribution in [0, 0.1) is 0 Å². The molecule has 0 spiro atoms. The summed E-state index contributed by atoms with van der Waals surface area (Å²) in [6.45, 7) is 7.66. The zero-order valence-corrected chi connectivity index (χ0v) is 13.8. The van der Waals surface area contributed by atoms with E-state index in [9.17, 15) is 4.79 Å². The number of nitrogens with one attached hydrogen (secondary N) is 2. The molecule has 0 unspecified atom stereocenters. The van der Waals surface area contributed by atoms with Crippen molar-refractivity contribution < 1.29 is 9.53 Å². The molecule has 5 heteroatoms. The Morgan fingerprint density at radius 1 is 1.38 bits per heavy atom. The number of benzene rings is 1. The molecule has 0 aromatic heterocycles. The van der Waals surface area contributed by atoms with Gasteiger partial charge >= 0.3 is 0 Å². The molecule has 0 heterocycles. The van der Waals surface area contributed by atoms with Gasteiger partial charge in [-0.25, -0.2) is 0 Å². The van der Waals surface area contributed by atoms with E-state index in [1.54, 1.807) is 18.2 Å². The number of anilines is 1. The summed E-state index contributed by atoms with van der Waals surface area (Å²) in [4.78, 5) is 12.0. The van der Waals surface area contributed by atoms with Crippen LogP contribution in [0.4, 0.5) is 5.69 Å². The molecule has 1 rings (SSSR count). The fraction of sp³-hybridized carbons (Fsp3) is 0.562. The topological polar surface area (TPSA) is 50.4 Å². The molecule has 0 atom stereocenters. The van der Waals surface area contributed by atoms with Gasteiger partial charge in [0.05, 0.1) is 12.3 Å². The zero-order chi connectivity index (χ0) is 15.7. The lowest BCUT2D eigenvalue weighted by molar-refractivity contribution is -0.116. The van der Waals surface area contributed by atoms with E-state index in [-0.39, 0.29) is 5.91 Å². The monoisotopic (exact) mass is 312 g/mol. The van der Waals surface area contributed by atoms with Gasteiger partial charge in [-0.1, -0.05) is 32.4 Å². The number of amides is 1. The van der Waals surface area contributed by atoms with Crippen LogP contribution in [0.25, 0.3) is 0 Å². The van der Waals surface area contributed by atoms with Crippen molar-refractivity contribution in [1.82, 2.24) is 5.32 Å². The van der Waals surface area contributed by atoms with Gasteiger partial charge in [-0.15, -0.1) is 0 Å². The molecule has 118 valence electrons. The number of carbonyl (C=O) groups excluding carboxylic acids is 1. The second-order valence-corrected chi connectivity index (χ2v) is 5.69. The molecule has 21 heavy (non-hydrogen) atoms. The number of rotatable bonds is 9. The molecular weight excluding hydrogens is 288 g/mol. The van der Waals surface area contributed by atoms with Crippen LogP contribution in [0.1, 0.15) is 40.0 Å². The van der Waals surface area contributed by atoms with Crippen LogP contribution in [0.5, 0.6) is 5.75 Å². The molecule has 0 aliphatic rings. The Kier molecular flexibility index (Phi) is 8.16. The molecule has 4 nitrogen and oxygen atoms in total. The van der Waals surface area contributed by atoms with Gasteiger partial charge in [-0.05, 0) is 37.6 Å². The van der Waals surface area contributed by atoms with E-state index in [0.29, 0.717) is 35.5 Å². The average Bonchev–Trinajstić information content (AvgIpc) is 2.42. The third-order valence-corrected chi connectivity index (χ3v) is 3.05. The average molecular weight is 313 g/mol. The van der Waals surface area contributed by atoms with Crippen molar-refractivity contribution in [3.63, 3.8) is 0 Å². The minimum Gasteiger partial charge on any atom is -0.491 e. The van der Waals surface area contributed by atoms with Crippen LogP contribution < -0.4 is 15.4 Å². The van der Waals surface area contributed by atoms with Crippen LogP contribution in [0.15, 0.2) is 18.2 Å². The van der Waals surface area contributed by atoms with Gasteiger partial charge in [0.15, 0.2) is 0 Å². The van der Waals surface area contributed by atoms with Crippen LogP contribution in [-0.2, 0) is 4.79 Å². The molecule has 0 aliphatic carbocycles. The van der Waals surface area contributed by atoms with E-state index >= 15 is 0 Å². The van der Waals surface area contributed by atoms with E-state index in [2.05, 4.69) is 24.5 Å². The Morgan fingerprint density at radius 3 is 2.81 bits per heavy atom. The molecular formula is C16H25ClN2O2. The quantitative estimate of drug-likeness (QED) is 0.681. The molecule has 2 N–H and O–H groups in total. The minimum atomic E-state index is -0.0239. The Morgan fingerprint density at radius 2 is 2.14 bits per heavy atom. The normalized spacial score (nSPS) is 10.7. The fourth-order valence-corrected chi connectivity index (χ4v) is 1.96. The molecule has 1 aromatic rings. The highest BCUT2D eigenvalue weighted by molar-refractivity contribution is 6.31. The third kappa shape index (κ3) is 7.34. The smallest absolute Gasteiger partial charge is 0.224 e. The van der Waals surface area contributed by atoms with Gasteiger partial charge in [0.2, 0.25) is 5.91 Å². The van der Waals surface area contributed by atoms with Crippen molar-refractivity contribution in [2.24, 2.45) is 0 Å². The standard InChI is InChI=1S/C16H25ClN2O2/c1-4-10-21-15-8-7-13(17)11-14(15)19-16(20)6-5-9-18-12(2)3/h7-8,11-12,18H,4-6,9-10H2,1-3H3,(H,19,20). The first kappa shape index (κ1) is 17.8. The molecule has 0 aliphatic heterocycles. The predicted molar refractivity (Wildman–Crippen MR) is 88.2 cm³/mol. The Balaban J connectivity index is 2.51. The second kappa shape index (κ2) is 9.64. The van der Waals surface area contributed by atoms with Gasteiger partial charge in [0, 0.05) is 17.5 Å². The lowest BCUT2D eigenvalue weighted by Gasteiger charge is -2.13. The maximum atomic E-state index is 12.0. The van der Waals surface area contributed by atoms with Gasteiger partial charge in [0.25, 0.3) is 0 Å². The fourth-order valence-electron chi connectivity index (χ4n) is 1.79. The van der Waals surface area contributed by atoms with Crippen molar-refractivity contribution in [3.8, 4) is 5.75 Å². The van der Waals surface area contributed by atoms with Gasteiger partial charge in [-0.3, -0.25) is 4.79 Å². The zero-order valence-electron chi connectivity index (χ0n) is 13.0. The van der Waals surface area contributed by atoms with Crippen molar-refractivity contribution in [2.45, 2.75) is 46.1 Å². The Bertz CT molecular complexity index is 450. The highest BCUT2D eigenvalue weighted by Crippen LogP contribution is 2.28. The summed E-state index contributed by atoms with van der Waals surface area (Å²) < 4.78 is 5.61. The summed E-state index contributed by atoms with van der Waals surface area (Å²) in [5.74, 6) is 0.638. The van der Waals surface area contributed by atoms with Gasteiger partial charge in [-0.2, -0.15) is 0 Å². The first-order chi connectivity index (χ1) is 10.0. The van der Waals surface area contributed by atoms with E-state index in [4.69, 9.17) is 16.3 Å². The highest BCUT2D eigenvalue weighted by atomic mass is 35.5. The molecule has 1 amide bonds.